The van der Waals surface area contributed by atoms with Gasteiger partial charge < -0.3 is 10.1 Å². The first kappa shape index (κ1) is 22.8. The number of pyridine rings is 3. The number of aromatic nitrogens is 3. The zero-order valence-electron chi connectivity index (χ0n) is 18.3. The molecule has 172 valence electrons. The average molecular weight is 636 g/mol. The van der Waals surface area contributed by atoms with Crippen LogP contribution < -0.4 is 0 Å². The largest absolute Gasteiger partial charge is 0.477 e. The molecule has 3 heterocycles. The van der Waals surface area contributed by atoms with Crippen molar-refractivity contribution in [3.8, 4) is 22.4 Å². The second-order valence-corrected chi connectivity index (χ2v) is 8.10. The molecule has 1 spiro atoms. The van der Waals surface area contributed by atoms with Crippen LogP contribution >= 0.6 is 0 Å². The van der Waals surface area contributed by atoms with Gasteiger partial charge in [0.1, 0.15) is 5.69 Å². The summed E-state index contributed by atoms with van der Waals surface area (Å²) in [5, 5.41) is 8.32. The average Bonchev–Trinajstić information content (AvgIpc) is 3.37. The van der Waals surface area contributed by atoms with Gasteiger partial charge >= 0.3 is 5.97 Å². The van der Waals surface area contributed by atoms with Crippen molar-refractivity contribution in [2.45, 2.75) is 5.41 Å². The Morgan fingerprint density at radius 2 is 1.37 bits per heavy atom. The summed E-state index contributed by atoms with van der Waals surface area (Å²) < 4.78 is 0. The zero-order valence-corrected chi connectivity index (χ0v) is 20.6. The number of benzene rings is 2. The van der Waals surface area contributed by atoms with Gasteiger partial charge in [-0.05, 0) is 58.5 Å². The van der Waals surface area contributed by atoms with Crippen LogP contribution in [-0.2, 0) is 26.5 Å². The van der Waals surface area contributed by atoms with E-state index in [9.17, 15) is 4.79 Å². The SMILES string of the molecule is O=C(O)c1ccccn1.[Pt].[c-]1cncc2c1-c1ncccc1C21c2ccccc2-c2ccccc21. The van der Waals surface area contributed by atoms with Crippen LogP contribution in [-0.4, -0.2) is 26.0 Å². The van der Waals surface area contributed by atoms with Crippen LogP contribution in [0, 0.1) is 6.07 Å². The summed E-state index contributed by atoms with van der Waals surface area (Å²) in [4.78, 5) is 22.8. The zero-order chi connectivity index (χ0) is 23.1. The van der Waals surface area contributed by atoms with E-state index in [2.05, 4.69) is 70.6 Å². The molecule has 0 bridgehead atoms. The third-order valence-corrected chi connectivity index (χ3v) is 6.45. The molecule has 7 rings (SSSR count). The Morgan fingerprint density at radius 3 is 2.00 bits per heavy atom. The van der Waals surface area contributed by atoms with E-state index in [1.165, 1.54) is 45.6 Å². The molecule has 0 saturated heterocycles. The van der Waals surface area contributed by atoms with Crippen LogP contribution in [0.15, 0.2) is 104 Å². The molecule has 0 radical (unpaired) electrons. The Balaban J connectivity index is 0.000000217. The minimum absolute atomic E-state index is 0. The maximum absolute atomic E-state index is 10.1. The minimum atomic E-state index is -0.990. The molecular formula is C29H18N3O2Pt-. The van der Waals surface area contributed by atoms with Crippen molar-refractivity contribution in [2.75, 3.05) is 0 Å². The van der Waals surface area contributed by atoms with E-state index in [1.54, 1.807) is 18.3 Å². The van der Waals surface area contributed by atoms with E-state index in [0.717, 1.165) is 11.3 Å². The molecule has 5 nitrogen and oxygen atoms in total. The van der Waals surface area contributed by atoms with E-state index < -0.39 is 5.97 Å². The second-order valence-electron chi connectivity index (χ2n) is 8.10. The molecule has 3 aromatic heterocycles. The number of carboxylic acid groups (broad SMARTS) is 1. The Morgan fingerprint density at radius 1 is 0.743 bits per heavy atom. The third-order valence-electron chi connectivity index (χ3n) is 6.45. The first-order valence-corrected chi connectivity index (χ1v) is 10.9. The van der Waals surface area contributed by atoms with Crippen molar-refractivity contribution in [2.24, 2.45) is 0 Å². The van der Waals surface area contributed by atoms with Crippen LogP contribution in [0.1, 0.15) is 32.7 Å². The van der Waals surface area contributed by atoms with Crippen molar-refractivity contribution in [1.29, 1.82) is 0 Å². The Bertz CT molecular complexity index is 1370. The molecular weight excluding hydrogens is 617 g/mol. The topological polar surface area (TPSA) is 76.0 Å². The van der Waals surface area contributed by atoms with Gasteiger partial charge in [0.2, 0.25) is 0 Å². The molecule has 2 aliphatic rings. The van der Waals surface area contributed by atoms with Crippen molar-refractivity contribution < 1.29 is 31.0 Å². The van der Waals surface area contributed by atoms with E-state index in [-0.39, 0.29) is 32.2 Å². The summed E-state index contributed by atoms with van der Waals surface area (Å²) in [5.41, 5.74) is 9.45. The maximum atomic E-state index is 10.1. The molecule has 6 heteroatoms. The molecule has 0 atom stereocenters. The van der Waals surface area contributed by atoms with Gasteiger partial charge in [0, 0.05) is 38.9 Å². The van der Waals surface area contributed by atoms with Gasteiger partial charge in [0.05, 0.1) is 0 Å². The number of fused-ring (bicyclic) bond motifs is 10. The van der Waals surface area contributed by atoms with Crippen LogP contribution in [0.25, 0.3) is 22.4 Å². The number of carbonyl (C=O) groups is 1. The predicted molar refractivity (Wildman–Crippen MR) is 128 cm³/mol. The predicted octanol–water partition coefficient (Wildman–Crippen LogP) is 5.40. The molecule has 1 N–H and O–H groups in total. The molecule has 2 aromatic carbocycles. The second kappa shape index (κ2) is 9.01. The molecule has 2 aliphatic carbocycles. The van der Waals surface area contributed by atoms with Crippen molar-refractivity contribution in [3.63, 3.8) is 0 Å². The number of rotatable bonds is 1. The van der Waals surface area contributed by atoms with Gasteiger partial charge in [-0.1, -0.05) is 66.2 Å². The quantitative estimate of drug-likeness (QED) is 0.245. The van der Waals surface area contributed by atoms with Gasteiger partial charge in [-0.3, -0.25) is 4.98 Å². The summed E-state index contributed by atoms with van der Waals surface area (Å²) in [6.07, 6.45) is 7.04. The van der Waals surface area contributed by atoms with Crippen LogP contribution in [0.2, 0.25) is 0 Å². The van der Waals surface area contributed by atoms with E-state index >= 15 is 0 Å². The molecule has 0 aliphatic heterocycles. The molecule has 0 saturated carbocycles. The van der Waals surface area contributed by atoms with Crippen molar-refractivity contribution >= 4 is 5.97 Å². The molecule has 0 unspecified atom stereocenters. The first-order chi connectivity index (χ1) is 16.7. The Kier molecular flexibility index (Phi) is 5.87. The smallest absolute Gasteiger partial charge is 0.354 e. The molecule has 0 amide bonds. The van der Waals surface area contributed by atoms with Crippen LogP contribution in [0.5, 0.6) is 0 Å². The summed E-state index contributed by atoms with van der Waals surface area (Å²) >= 11 is 0. The minimum Gasteiger partial charge on any atom is -0.477 e. The van der Waals surface area contributed by atoms with Gasteiger partial charge in [-0.15, -0.1) is 5.56 Å². The number of nitrogens with zero attached hydrogens (tertiary/aromatic N) is 3. The fourth-order valence-electron chi connectivity index (χ4n) is 5.19. The molecule has 0 fully saturated rings. The molecule has 35 heavy (non-hydrogen) atoms. The maximum Gasteiger partial charge on any atom is 0.354 e. The number of hydrogen-bond donors (Lipinski definition) is 1. The van der Waals surface area contributed by atoms with Crippen molar-refractivity contribution in [3.05, 3.63) is 138 Å². The van der Waals surface area contributed by atoms with Gasteiger partial charge in [0.15, 0.2) is 0 Å². The van der Waals surface area contributed by atoms with Crippen LogP contribution in [0.4, 0.5) is 0 Å². The summed E-state index contributed by atoms with van der Waals surface area (Å²) in [6, 6.07) is 29.7. The normalized spacial score (nSPS) is 12.8. The summed E-state index contributed by atoms with van der Waals surface area (Å²) in [5.74, 6) is -0.990. The molecule has 5 aromatic rings. The Hall–Kier alpha value is -3.95. The fraction of sp³-hybridized carbons (Fsp3) is 0.0345. The standard InChI is InChI=1S/C23H13N2.C6H5NO2.Pt/c1-3-8-18-15(6-1)16-7-2-4-9-19(16)23(18)20-10-5-12-25-22(20)17-11-13-24-14-21(17)23;8-6(9)5-3-1-2-4-7-5;/h1-10,12-14H;1-4H,(H,8,9);/q-1;;. The Labute approximate surface area is 216 Å². The van der Waals surface area contributed by atoms with E-state index in [0.29, 0.717) is 0 Å². The van der Waals surface area contributed by atoms with Gasteiger partial charge in [0.25, 0.3) is 0 Å². The van der Waals surface area contributed by atoms with Gasteiger partial charge in [-0.2, -0.15) is 11.6 Å². The first-order valence-electron chi connectivity index (χ1n) is 10.9. The number of aromatic carboxylic acids is 1. The van der Waals surface area contributed by atoms with E-state index in [4.69, 9.17) is 10.1 Å². The number of hydrogen-bond acceptors (Lipinski definition) is 4. The van der Waals surface area contributed by atoms with Gasteiger partial charge in [-0.25, -0.2) is 9.78 Å². The monoisotopic (exact) mass is 635 g/mol. The number of carboxylic acids is 1. The van der Waals surface area contributed by atoms with Crippen LogP contribution in [0.3, 0.4) is 0 Å². The summed E-state index contributed by atoms with van der Waals surface area (Å²) in [6.45, 7) is 0. The van der Waals surface area contributed by atoms with E-state index in [1.807, 2.05) is 18.5 Å². The van der Waals surface area contributed by atoms with Crippen molar-refractivity contribution in [1.82, 2.24) is 15.0 Å². The fourth-order valence-corrected chi connectivity index (χ4v) is 5.19. The summed E-state index contributed by atoms with van der Waals surface area (Å²) in [7, 11) is 0. The third kappa shape index (κ3) is 3.35.